The molecular formula is C15H21NO3. The summed E-state index contributed by atoms with van der Waals surface area (Å²) in [5, 5.41) is 0. The Labute approximate surface area is 114 Å². The fraction of sp³-hybridized carbons (Fsp3) is 0.467. The molecule has 0 spiro atoms. The van der Waals surface area contributed by atoms with Crippen molar-refractivity contribution in [2.24, 2.45) is 0 Å². The molecule has 0 aromatic heterocycles. The first-order valence-corrected chi connectivity index (χ1v) is 6.39. The summed E-state index contributed by atoms with van der Waals surface area (Å²) in [7, 11) is 1.32. The quantitative estimate of drug-likeness (QED) is 0.785. The molecule has 0 unspecified atom stereocenters. The number of nitrogens with zero attached hydrogens (tertiary/aromatic N) is 1. The lowest BCUT2D eigenvalue weighted by atomic mass is 10.1. The Morgan fingerprint density at radius 2 is 1.58 bits per heavy atom. The number of carbonyl (C=O) groups is 2. The second-order valence-electron chi connectivity index (χ2n) is 4.97. The predicted octanol–water partition coefficient (Wildman–Crippen LogP) is 2.73. The Hall–Kier alpha value is -1.84. The van der Waals surface area contributed by atoms with E-state index in [1.807, 2.05) is 27.7 Å². The van der Waals surface area contributed by atoms with Crippen molar-refractivity contribution in [1.29, 1.82) is 0 Å². The number of amides is 1. The Balaban J connectivity index is 3.08. The summed E-state index contributed by atoms with van der Waals surface area (Å²) in [6.45, 7) is 7.90. The van der Waals surface area contributed by atoms with E-state index in [4.69, 9.17) is 0 Å². The average Bonchev–Trinajstić information content (AvgIpc) is 2.37. The normalized spacial score (nSPS) is 10.7. The van der Waals surface area contributed by atoms with Crippen LogP contribution in [0.25, 0.3) is 0 Å². The maximum atomic E-state index is 12.5. The first-order valence-electron chi connectivity index (χ1n) is 6.39. The number of hydrogen-bond donors (Lipinski definition) is 0. The molecule has 1 aromatic rings. The minimum atomic E-state index is -0.435. The van der Waals surface area contributed by atoms with Gasteiger partial charge in [0, 0.05) is 17.6 Å². The number of carbonyl (C=O) groups excluding carboxylic acids is 2. The van der Waals surface area contributed by atoms with E-state index >= 15 is 0 Å². The van der Waals surface area contributed by atoms with E-state index in [0.717, 1.165) is 0 Å². The van der Waals surface area contributed by atoms with Crippen LogP contribution in [-0.4, -0.2) is 36.0 Å². The van der Waals surface area contributed by atoms with Crippen molar-refractivity contribution in [3.8, 4) is 0 Å². The fourth-order valence-electron chi connectivity index (χ4n) is 2.11. The molecule has 0 radical (unpaired) electrons. The molecule has 0 saturated carbocycles. The molecule has 0 aliphatic carbocycles. The van der Waals surface area contributed by atoms with Gasteiger partial charge in [0.1, 0.15) is 0 Å². The number of ether oxygens (including phenoxy) is 1. The molecule has 104 valence electrons. The molecule has 0 heterocycles. The number of benzene rings is 1. The Kier molecular flexibility index (Phi) is 5.10. The molecule has 1 aromatic carbocycles. The maximum Gasteiger partial charge on any atom is 0.337 e. The van der Waals surface area contributed by atoms with E-state index in [2.05, 4.69) is 4.74 Å². The van der Waals surface area contributed by atoms with Gasteiger partial charge in [-0.3, -0.25) is 4.79 Å². The van der Waals surface area contributed by atoms with E-state index in [-0.39, 0.29) is 18.0 Å². The summed E-state index contributed by atoms with van der Waals surface area (Å²) in [6.07, 6.45) is 0. The summed E-state index contributed by atoms with van der Waals surface area (Å²) in [4.78, 5) is 25.7. The maximum absolute atomic E-state index is 12.5. The van der Waals surface area contributed by atoms with Gasteiger partial charge in [-0.05, 0) is 45.9 Å². The molecule has 0 aliphatic heterocycles. The molecule has 1 rings (SSSR count). The Morgan fingerprint density at radius 1 is 1.05 bits per heavy atom. The molecule has 1 amide bonds. The van der Waals surface area contributed by atoms with Crippen LogP contribution in [0.3, 0.4) is 0 Å². The summed E-state index contributed by atoms with van der Waals surface area (Å²) in [5.41, 5.74) is 0.895. The van der Waals surface area contributed by atoms with E-state index < -0.39 is 5.97 Å². The van der Waals surface area contributed by atoms with Gasteiger partial charge in [0.15, 0.2) is 0 Å². The smallest absolute Gasteiger partial charge is 0.337 e. The standard InChI is InChI=1S/C15H21NO3/c1-10(2)16(11(3)4)14(17)12-7-6-8-13(9-12)15(18)19-5/h6-11H,1-5H3. The van der Waals surface area contributed by atoms with Crippen LogP contribution >= 0.6 is 0 Å². The summed E-state index contributed by atoms with van der Waals surface area (Å²) in [5.74, 6) is -0.508. The second-order valence-corrected chi connectivity index (χ2v) is 4.97. The first-order chi connectivity index (χ1) is 8.88. The van der Waals surface area contributed by atoms with Gasteiger partial charge in [-0.25, -0.2) is 4.79 Å². The molecule has 0 fully saturated rings. The van der Waals surface area contributed by atoms with Gasteiger partial charge in [-0.1, -0.05) is 6.07 Å². The SMILES string of the molecule is COC(=O)c1cccc(C(=O)N(C(C)C)C(C)C)c1. The molecule has 0 N–H and O–H groups in total. The van der Waals surface area contributed by atoms with Crippen molar-refractivity contribution in [3.05, 3.63) is 35.4 Å². The molecule has 4 heteroatoms. The van der Waals surface area contributed by atoms with Gasteiger partial charge in [0.05, 0.1) is 12.7 Å². The van der Waals surface area contributed by atoms with Crippen LogP contribution in [0, 0.1) is 0 Å². The third-order valence-electron chi connectivity index (χ3n) is 2.88. The first kappa shape index (κ1) is 15.2. The lowest BCUT2D eigenvalue weighted by Gasteiger charge is -2.30. The van der Waals surface area contributed by atoms with Crippen LogP contribution in [0.15, 0.2) is 24.3 Å². The number of esters is 1. The van der Waals surface area contributed by atoms with Gasteiger partial charge in [0.2, 0.25) is 0 Å². The zero-order chi connectivity index (χ0) is 14.6. The molecular weight excluding hydrogens is 242 g/mol. The van der Waals surface area contributed by atoms with Crippen LogP contribution in [0.1, 0.15) is 48.4 Å². The van der Waals surface area contributed by atoms with E-state index in [1.165, 1.54) is 7.11 Å². The van der Waals surface area contributed by atoms with Crippen molar-refractivity contribution in [1.82, 2.24) is 4.90 Å². The number of methoxy groups -OCH3 is 1. The zero-order valence-corrected chi connectivity index (χ0v) is 12.1. The lowest BCUT2D eigenvalue weighted by molar-refractivity contribution is 0.0600. The molecule has 0 aliphatic rings. The van der Waals surface area contributed by atoms with Crippen LogP contribution in [0.5, 0.6) is 0 Å². The average molecular weight is 263 g/mol. The number of rotatable bonds is 4. The van der Waals surface area contributed by atoms with Crippen LogP contribution in [0.4, 0.5) is 0 Å². The molecule has 4 nitrogen and oxygen atoms in total. The van der Waals surface area contributed by atoms with E-state index in [1.54, 1.807) is 29.2 Å². The summed E-state index contributed by atoms with van der Waals surface area (Å²) < 4.78 is 4.66. The molecule has 0 saturated heterocycles. The van der Waals surface area contributed by atoms with E-state index in [0.29, 0.717) is 11.1 Å². The third-order valence-corrected chi connectivity index (χ3v) is 2.88. The minimum Gasteiger partial charge on any atom is -0.465 e. The topological polar surface area (TPSA) is 46.6 Å². The highest BCUT2D eigenvalue weighted by Crippen LogP contribution is 2.14. The minimum absolute atomic E-state index is 0.0734. The monoisotopic (exact) mass is 263 g/mol. The zero-order valence-electron chi connectivity index (χ0n) is 12.1. The van der Waals surface area contributed by atoms with Crippen LogP contribution in [-0.2, 0) is 4.74 Å². The highest BCUT2D eigenvalue weighted by Gasteiger charge is 2.22. The molecule has 0 atom stereocenters. The third kappa shape index (κ3) is 3.56. The Morgan fingerprint density at radius 3 is 2.05 bits per heavy atom. The van der Waals surface area contributed by atoms with Crippen molar-refractivity contribution >= 4 is 11.9 Å². The van der Waals surface area contributed by atoms with Gasteiger partial charge in [0.25, 0.3) is 5.91 Å². The van der Waals surface area contributed by atoms with E-state index in [9.17, 15) is 9.59 Å². The number of hydrogen-bond acceptors (Lipinski definition) is 3. The predicted molar refractivity (Wildman–Crippen MR) is 74.2 cm³/mol. The van der Waals surface area contributed by atoms with Crippen LogP contribution < -0.4 is 0 Å². The lowest BCUT2D eigenvalue weighted by Crippen LogP contribution is -2.42. The van der Waals surface area contributed by atoms with Gasteiger partial charge < -0.3 is 9.64 Å². The highest BCUT2D eigenvalue weighted by molar-refractivity contribution is 5.98. The largest absolute Gasteiger partial charge is 0.465 e. The molecule has 0 bridgehead atoms. The van der Waals surface area contributed by atoms with Crippen LogP contribution in [0.2, 0.25) is 0 Å². The summed E-state index contributed by atoms with van der Waals surface area (Å²) in [6, 6.07) is 6.83. The summed E-state index contributed by atoms with van der Waals surface area (Å²) >= 11 is 0. The highest BCUT2D eigenvalue weighted by atomic mass is 16.5. The van der Waals surface area contributed by atoms with Crippen molar-refractivity contribution in [2.45, 2.75) is 39.8 Å². The van der Waals surface area contributed by atoms with Gasteiger partial charge in [-0.2, -0.15) is 0 Å². The van der Waals surface area contributed by atoms with Crippen molar-refractivity contribution in [3.63, 3.8) is 0 Å². The second kappa shape index (κ2) is 6.36. The molecule has 19 heavy (non-hydrogen) atoms. The Bertz CT molecular complexity index is 458. The van der Waals surface area contributed by atoms with Crippen molar-refractivity contribution in [2.75, 3.05) is 7.11 Å². The van der Waals surface area contributed by atoms with Gasteiger partial charge in [-0.15, -0.1) is 0 Å². The fourth-order valence-corrected chi connectivity index (χ4v) is 2.11. The van der Waals surface area contributed by atoms with Crippen molar-refractivity contribution < 1.29 is 14.3 Å². The van der Waals surface area contributed by atoms with Gasteiger partial charge >= 0.3 is 5.97 Å².